The van der Waals surface area contributed by atoms with Crippen LogP contribution in [0.2, 0.25) is 5.02 Å². The average molecular weight is 423 g/mol. The van der Waals surface area contributed by atoms with E-state index in [1.165, 1.54) is 11.9 Å². The second kappa shape index (κ2) is 7.26. The number of carbonyl (C=O) groups excluding carboxylic acids is 3. The van der Waals surface area contributed by atoms with Gasteiger partial charge in [-0.05, 0) is 33.8 Å². The quantitative estimate of drug-likeness (QED) is 0.801. The number of nitrogens with zero attached hydrogens (tertiary/aromatic N) is 1. The van der Waals surface area contributed by atoms with Crippen LogP contribution in [-0.4, -0.2) is 43.6 Å². The molecule has 2 amide bonds. The molecule has 0 saturated carbocycles. The number of hydrogen-bond acceptors (Lipinski definition) is 6. The number of ketones is 1. The zero-order valence-corrected chi connectivity index (χ0v) is 17.7. The van der Waals surface area contributed by atoms with Crippen LogP contribution >= 0.6 is 11.6 Å². The normalized spacial score (nSPS) is 21.2. The molecule has 1 atom stereocenters. The first kappa shape index (κ1) is 21.0. The summed E-state index contributed by atoms with van der Waals surface area (Å²) in [5.41, 5.74) is -2.05. The Morgan fingerprint density at radius 3 is 2.66 bits per heavy atom. The number of anilines is 1. The molecule has 9 heteroatoms. The smallest absolute Gasteiger partial charge is 0.409 e. The fourth-order valence-electron chi connectivity index (χ4n) is 3.51. The van der Waals surface area contributed by atoms with Crippen molar-refractivity contribution in [1.82, 2.24) is 5.32 Å². The lowest BCUT2D eigenvalue weighted by molar-refractivity contribution is -0.125. The minimum atomic E-state index is -1.88. The number of nitrogens with one attached hydrogen (secondary N) is 1. The first-order valence-electron chi connectivity index (χ1n) is 9.14. The van der Waals surface area contributed by atoms with E-state index in [-0.39, 0.29) is 24.7 Å². The highest BCUT2D eigenvalue weighted by Gasteiger charge is 2.60. The van der Waals surface area contributed by atoms with E-state index in [0.717, 1.165) is 0 Å². The predicted molar refractivity (Wildman–Crippen MR) is 106 cm³/mol. The molecule has 2 aliphatic heterocycles. The van der Waals surface area contributed by atoms with E-state index in [9.17, 15) is 14.4 Å². The van der Waals surface area contributed by atoms with E-state index in [1.54, 1.807) is 45.9 Å². The molecule has 0 spiro atoms. The summed E-state index contributed by atoms with van der Waals surface area (Å²) in [7, 11) is 1.52. The number of carbonyl (C=O) groups is 3. The Hall–Kier alpha value is -2.74. The van der Waals surface area contributed by atoms with Crippen molar-refractivity contribution in [3.8, 4) is 0 Å². The van der Waals surface area contributed by atoms with Crippen molar-refractivity contribution in [2.24, 2.45) is 0 Å². The maximum absolute atomic E-state index is 13.5. The van der Waals surface area contributed by atoms with E-state index in [1.807, 2.05) is 0 Å². The summed E-state index contributed by atoms with van der Waals surface area (Å²) in [5.74, 6) is -1.14. The molecule has 0 bridgehead atoms. The molecule has 0 aliphatic carbocycles. The van der Waals surface area contributed by atoms with E-state index in [2.05, 4.69) is 5.32 Å². The van der Waals surface area contributed by atoms with Crippen LogP contribution in [0.1, 0.15) is 33.3 Å². The molecule has 156 valence electrons. The van der Waals surface area contributed by atoms with Crippen molar-refractivity contribution in [1.29, 1.82) is 0 Å². The van der Waals surface area contributed by atoms with E-state index >= 15 is 0 Å². The zero-order chi connectivity index (χ0) is 21.6. The predicted octanol–water partition coefficient (Wildman–Crippen LogP) is 2.88. The molecule has 0 saturated heterocycles. The summed E-state index contributed by atoms with van der Waals surface area (Å²) in [6.45, 7) is 6.72. The van der Waals surface area contributed by atoms with E-state index in [4.69, 9.17) is 25.8 Å². The van der Waals surface area contributed by atoms with Gasteiger partial charge in [-0.1, -0.05) is 23.7 Å². The molecule has 2 aliphatic rings. The van der Waals surface area contributed by atoms with Crippen LogP contribution in [0.5, 0.6) is 0 Å². The summed E-state index contributed by atoms with van der Waals surface area (Å²) in [6, 6.07) is 4.89. The van der Waals surface area contributed by atoms with Crippen LogP contribution < -0.4 is 10.2 Å². The number of Topliss-reactive ketones (excluding diaryl/α,β-unsaturated/α-hetero) is 1. The highest BCUT2D eigenvalue weighted by molar-refractivity contribution is 6.35. The minimum Gasteiger partial charge on any atom is -0.465 e. The molecular formula is C20H23ClN2O6. The number of amides is 2. The lowest BCUT2D eigenvalue weighted by atomic mass is 9.82. The number of likely N-dealkylation sites (N-methyl/N-ethyl adjacent to an activating group) is 1. The molecule has 0 unspecified atom stereocenters. The second-order valence-corrected chi connectivity index (χ2v) is 8.09. The molecule has 1 aromatic rings. The molecule has 2 heterocycles. The van der Waals surface area contributed by atoms with Crippen LogP contribution in [0, 0.1) is 0 Å². The van der Waals surface area contributed by atoms with Crippen molar-refractivity contribution in [3.63, 3.8) is 0 Å². The molecule has 0 aromatic heterocycles. The molecule has 29 heavy (non-hydrogen) atoms. The molecular weight excluding hydrogens is 400 g/mol. The topological polar surface area (TPSA) is 94.2 Å². The largest absolute Gasteiger partial charge is 0.465 e. The van der Waals surface area contributed by atoms with Gasteiger partial charge >= 0.3 is 6.09 Å². The number of ether oxygens (including phenoxy) is 3. The van der Waals surface area contributed by atoms with Crippen LogP contribution in [0.15, 0.2) is 29.7 Å². The van der Waals surface area contributed by atoms with E-state index < -0.39 is 28.9 Å². The number of halogens is 1. The van der Waals surface area contributed by atoms with Gasteiger partial charge < -0.3 is 19.1 Å². The lowest BCUT2D eigenvalue weighted by Gasteiger charge is -2.31. The third-order valence-electron chi connectivity index (χ3n) is 4.51. The summed E-state index contributed by atoms with van der Waals surface area (Å²) < 4.78 is 16.2. The zero-order valence-electron chi connectivity index (χ0n) is 16.9. The first-order valence-corrected chi connectivity index (χ1v) is 9.52. The monoisotopic (exact) mass is 422 g/mol. The number of rotatable bonds is 4. The van der Waals surface area contributed by atoms with Crippen molar-refractivity contribution in [3.05, 3.63) is 40.3 Å². The minimum absolute atomic E-state index is 0.0805. The van der Waals surface area contributed by atoms with Gasteiger partial charge in [-0.25, -0.2) is 4.79 Å². The number of para-hydroxylation sites is 1. The van der Waals surface area contributed by atoms with Gasteiger partial charge in [0.05, 0.1) is 17.3 Å². The van der Waals surface area contributed by atoms with Gasteiger partial charge in [0.2, 0.25) is 5.78 Å². The van der Waals surface area contributed by atoms with Gasteiger partial charge in [0.1, 0.15) is 11.2 Å². The summed E-state index contributed by atoms with van der Waals surface area (Å²) >= 11 is 6.34. The third-order valence-corrected chi connectivity index (χ3v) is 4.81. The van der Waals surface area contributed by atoms with Crippen LogP contribution in [-0.2, 0) is 29.3 Å². The molecule has 3 rings (SSSR count). The SMILES string of the molecule is CCOC1=C([C@@]2(NC(=O)OC(C)(C)C)C(=O)N(C)c3c(Cl)cccc32)C(=O)CO1. The van der Waals surface area contributed by atoms with Gasteiger partial charge in [0, 0.05) is 12.6 Å². The van der Waals surface area contributed by atoms with Gasteiger partial charge in [0.15, 0.2) is 12.1 Å². The molecule has 1 aromatic carbocycles. The van der Waals surface area contributed by atoms with Gasteiger partial charge in [-0.3, -0.25) is 14.9 Å². The summed E-state index contributed by atoms with van der Waals surface area (Å²) in [4.78, 5) is 40.4. The van der Waals surface area contributed by atoms with E-state index in [0.29, 0.717) is 16.3 Å². The average Bonchev–Trinajstić information content (AvgIpc) is 3.06. The van der Waals surface area contributed by atoms with Crippen molar-refractivity contribution in [2.45, 2.75) is 38.8 Å². The fraction of sp³-hybridized carbons (Fsp3) is 0.450. The Labute approximate surface area is 173 Å². The van der Waals surface area contributed by atoms with Crippen LogP contribution in [0.3, 0.4) is 0 Å². The van der Waals surface area contributed by atoms with Crippen molar-refractivity contribution in [2.75, 3.05) is 25.2 Å². The molecule has 0 fully saturated rings. The molecule has 1 N–H and O–H groups in total. The maximum atomic E-state index is 13.5. The first-order chi connectivity index (χ1) is 13.5. The highest BCUT2D eigenvalue weighted by Crippen LogP contribution is 2.49. The Bertz CT molecular complexity index is 920. The fourth-order valence-corrected chi connectivity index (χ4v) is 3.81. The van der Waals surface area contributed by atoms with Crippen LogP contribution in [0.4, 0.5) is 10.5 Å². The Balaban J connectivity index is 2.26. The second-order valence-electron chi connectivity index (χ2n) is 7.68. The van der Waals surface area contributed by atoms with Crippen molar-refractivity contribution >= 4 is 35.1 Å². The van der Waals surface area contributed by atoms with Gasteiger partial charge in [-0.15, -0.1) is 0 Å². The maximum Gasteiger partial charge on any atom is 0.409 e. The standard InChI is InChI=1S/C20H23ClN2O6/c1-6-27-16-14(13(24)10-28-16)20(22-18(26)29-19(2,3)4)11-8-7-9-12(21)15(11)23(5)17(20)25/h7-9H,6,10H2,1-5H3,(H,22,26)/t20-/m1/s1. The molecule has 8 nitrogen and oxygen atoms in total. The Kier molecular flexibility index (Phi) is 5.25. The highest BCUT2D eigenvalue weighted by atomic mass is 35.5. The summed E-state index contributed by atoms with van der Waals surface area (Å²) in [5, 5.41) is 2.93. The van der Waals surface area contributed by atoms with Crippen molar-refractivity contribution < 1.29 is 28.6 Å². The number of alkyl carbamates (subject to hydrolysis) is 1. The van der Waals surface area contributed by atoms with Gasteiger partial charge in [0.25, 0.3) is 11.9 Å². The number of benzene rings is 1. The Morgan fingerprint density at radius 1 is 1.34 bits per heavy atom. The molecule has 0 radical (unpaired) electrons. The van der Waals surface area contributed by atoms with Crippen LogP contribution in [0.25, 0.3) is 0 Å². The lowest BCUT2D eigenvalue weighted by Crippen LogP contribution is -2.56. The van der Waals surface area contributed by atoms with Gasteiger partial charge in [-0.2, -0.15) is 0 Å². The number of hydrogen-bond donors (Lipinski definition) is 1. The number of fused-ring (bicyclic) bond motifs is 1. The third kappa shape index (κ3) is 3.42. The summed E-state index contributed by atoms with van der Waals surface area (Å²) in [6.07, 6.45) is -0.866. The Morgan fingerprint density at radius 2 is 2.03 bits per heavy atom.